The van der Waals surface area contributed by atoms with Crippen molar-refractivity contribution >= 4 is 11.6 Å². The summed E-state index contributed by atoms with van der Waals surface area (Å²) in [6.07, 6.45) is -5.84. The molecule has 1 aromatic carbocycles. The number of hydrogen-bond acceptors (Lipinski definition) is 7. The second-order valence-electron chi connectivity index (χ2n) is 7.37. The van der Waals surface area contributed by atoms with Gasteiger partial charge in [-0.05, 0) is 26.0 Å². The van der Waals surface area contributed by atoms with Crippen LogP contribution in [0.2, 0.25) is 0 Å². The van der Waals surface area contributed by atoms with Gasteiger partial charge in [-0.3, -0.25) is 0 Å². The Morgan fingerprint density at radius 2 is 1.71 bits per heavy atom. The Bertz CT molecular complexity index is 1160. The quantitative estimate of drug-likeness (QED) is 0.408. The van der Waals surface area contributed by atoms with Crippen LogP contribution in [-0.2, 0) is 11.3 Å². The maximum absolute atomic E-state index is 12.7. The number of halogens is 6. The van der Waals surface area contributed by atoms with Crippen LogP contribution < -0.4 is 14.8 Å². The summed E-state index contributed by atoms with van der Waals surface area (Å²) in [7, 11) is 1.45. The van der Waals surface area contributed by atoms with Crippen molar-refractivity contribution in [3.05, 3.63) is 47.7 Å². The molecule has 0 bridgehead atoms. The maximum Gasteiger partial charge on any atom is 0.422 e. The smallest absolute Gasteiger partial charge is 0.422 e. The molecule has 0 aliphatic carbocycles. The number of anilines is 2. The van der Waals surface area contributed by atoms with E-state index in [1.165, 1.54) is 14.0 Å². The van der Waals surface area contributed by atoms with Gasteiger partial charge in [0.15, 0.2) is 6.61 Å². The summed E-state index contributed by atoms with van der Waals surface area (Å²) in [6, 6.07) is 4.92. The van der Waals surface area contributed by atoms with Crippen LogP contribution in [0.25, 0.3) is 5.69 Å². The number of alkyl halides is 6. The Labute approximate surface area is 195 Å². The van der Waals surface area contributed by atoms with Crippen LogP contribution in [0.3, 0.4) is 0 Å². The molecule has 0 radical (unpaired) electrons. The van der Waals surface area contributed by atoms with Crippen LogP contribution >= 0.6 is 0 Å². The van der Waals surface area contributed by atoms with Gasteiger partial charge in [0.2, 0.25) is 11.8 Å². The first-order valence-corrected chi connectivity index (χ1v) is 10.0. The summed E-state index contributed by atoms with van der Waals surface area (Å²) in [4.78, 5) is 12.2. The highest BCUT2D eigenvalue weighted by molar-refractivity contribution is 5.62. The van der Waals surface area contributed by atoms with Crippen LogP contribution in [0.5, 0.6) is 11.6 Å². The van der Waals surface area contributed by atoms with Gasteiger partial charge >= 0.3 is 12.4 Å². The van der Waals surface area contributed by atoms with E-state index in [1.807, 2.05) is 6.92 Å². The zero-order valence-electron chi connectivity index (χ0n) is 18.8. The van der Waals surface area contributed by atoms with Crippen LogP contribution in [0.1, 0.15) is 17.0 Å². The van der Waals surface area contributed by atoms with E-state index in [-0.39, 0.29) is 17.2 Å². The van der Waals surface area contributed by atoms with E-state index >= 15 is 0 Å². The van der Waals surface area contributed by atoms with Gasteiger partial charge in [0.05, 0.1) is 37.1 Å². The third-order valence-corrected chi connectivity index (χ3v) is 4.50. The fourth-order valence-corrected chi connectivity index (χ4v) is 2.94. The standard InChI is InChI=1S/C21H21F6N5O3/c1-12-7-32(11-28-12)16-5-4-14(6-17(16)33-3)29-19-30-15(8-34-9-20(22,23)24)13(2)18(31-19)35-10-21(25,26)27/h4-7,11H,8-10H2,1-3H3,(H,29,30,31). The Morgan fingerprint density at radius 3 is 2.31 bits per heavy atom. The highest BCUT2D eigenvalue weighted by Crippen LogP contribution is 2.30. The fourth-order valence-electron chi connectivity index (χ4n) is 2.94. The normalized spacial score (nSPS) is 12.0. The van der Waals surface area contributed by atoms with Crippen molar-refractivity contribution in [2.45, 2.75) is 32.8 Å². The molecular weight excluding hydrogens is 484 g/mol. The van der Waals surface area contributed by atoms with Crippen molar-refractivity contribution in [2.24, 2.45) is 0 Å². The van der Waals surface area contributed by atoms with E-state index in [0.29, 0.717) is 17.1 Å². The third-order valence-electron chi connectivity index (χ3n) is 4.50. The second-order valence-corrected chi connectivity index (χ2v) is 7.37. The zero-order valence-corrected chi connectivity index (χ0v) is 18.8. The Kier molecular flexibility index (Phi) is 7.73. The molecule has 0 unspecified atom stereocenters. The van der Waals surface area contributed by atoms with Gasteiger partial charge in [0.1, 0.15) is 12.4 Å². The number of benzene rings is 1. The summed E-state index contributed by atoms with van der Waals surface area (Å²) in [6.45, 7) is -0.660. The van der Waals surface area contributed by atoms with E-state index < -0.39 is 38.1 Å². The predicted octanol–water partition coefficient (Wildman–Crippen LogP) is 5.05. The molecule has 0 saturated carbocycles. The van der Waals surface area contributed by atoms with Crippen molar-refractivity contribution in [3.8, 4) is 17.3 Å². The molecule has 190 valence electrons. The number of aryl methyl sites for hydroxylation is 1. The van der Waals surface area contributed by atoms with Gasteiger partial charge in [-0.2, -0.15) is 31.3 Å². The average molecular weight is 505 g/mol. The predicted molar refractivity (Wildman–Crippen MR) is 112 cm³/mol. The lowest BCUT2D eigenvalue weighted by atomic mass is 10.2. The monoisotopic (exact) mass is 505 g/mol. The molecular formula is C21H21F6N5O3. The molecule has 0 fully saturated rings. The summed E-state index contributed by atoms with van der Waals surface area (Å²) in [5.74, 6) is -0.212. The number of imidazole rings is 1. The SMILES string of the molecule is COc1cc(Nc2nc(COCC(F)(F)F)c(C)c(OCC(F)(F)F)n2)ccc1-n1cnc(C)c1. The molecule has 0 aliphatic rings. The van der Waals surface area contributed by atoms with E-state index in [4.69, 9.17) is 9.47 Å². The zero-order chi connectivity index (χ0) is 25.8. The fraction of sp³-hybridized carbons (Fsp3) is 0.381. The van der Waals surface area contributed by atoms with Crippen molar-refractivity contribution in [3.63, 3.8) is 0 Å². The molecule has 35 heavy (non-hydrogen) atoms. The van der Waals surface area contributed by atoms with Crippen LogP contribution in [0.15, 0.2) is 30.7 Å². The van der Waals surface area contributed by atoms with Crippen molar-refractivity contribution < 1.29 is 40.6 Å². The molecule has 0 atom stereocenters. The number of rotatable bonds is 9. The van der Waals surface area contributed by atoms with Gasteiger partial charge in [-0.15, -0.1) is 0 Å². The highest BCUT2D eigenvalue weighted by Gasteiger charge is 2.30. The molecule has 2 heterocycles. The Balaban J connectivity index is 1.89. The first-order valence-electron chi connectivity index (χ1n) is 10.0. The minimum absolute atomic E-state index is 0.0189. The maximum atomic E-state index is 12.7. The van der Waals surface area contributed by atoms with Crippen LogP contribution in [-0.4, -0.2) is 52.2 Å². The first kappa shape index (κ1) is 26.1. The minimum atomic E-state index is -4.65. The summed E-state index contributed by atoms with van der Waals surface area (Å²) in [5, 5.41) is 2.81. The highest BCUT2D eigenvalue weighted by atomic mass is 19.4. The molecule has 14 heteroatoms. The third kappa shape index (κ3) is 7.47. The summed E-state index contributed by atoms with van der Waals surface area (Å²) in [5.41, 5.74) is 1.80. The number of aromatic nitrogens is 4. The van der Waals surface area contributed by atoms with Crippen molar-refractivity contribution in [1.29, 1.82) is 0 Å². The van der Waals surface area contributed by atoms with Gasteiger partial charge in [-0.1, -0.05) is 0 Å². The van der Waals surface area contributed by atoms with Crippen molar-refractivity contribution in [1.82, 2.24) is 19.5 Å². The lowest BCUT2D eigenvalue weighted by Crippen LogP contribution is -2.21. The molecule has 1 N–H and O–H groups in total. The molecule has 3 aromatic rings. The average Bonchev–Trinajstić information content (AvgIpc) is 3.19. The molecule has 3 rings (SSSR count). The largest absolute Gasteiger partial charge is 0.494 e. The van der Waals surface area contributed by atoms with E-state index in [0.717, 1.165) is 5.69 Å². The number of hydrogen-bond donors (Lipinski definition) is 1. The topological polar surface area (TPSA) is 83.3 Å². The molecule has 0 saturated heterocycles. The number of ether oxygens (including phenoxy) is 3. The van der Waals surface area contributed by atoms with E-state index in [2.05, 4.69) is 25.0 Å². The van der Waals surface area contributed by atoms with Gasteiger partial charge in [0.25, 0.3) is 0 Å². The van der Waals surface area contributed by atoms with E-state index in [1.54, 1.807) is 35.3 Å². The lowest BCUT2D eigenvalue weighted by Gasteiger charge is -2.16. The Morgan fingerprint density at radius 1 is 1.00 bits per heavy atom. The lowest BCUT2D eigenvalue weighted by molar-refractivity contribution is -0.176. The molecule has 0 spiro atoms. The number of nitrogens with zero attached hydrogens (tertiary/aromatic N) is 4. The number of nitrogens with one attached hydrogen (secondary N) is 1. The minimum Gasteiger partial charge on any atom is -0.494 e. The first-order chi connectivity index (χ1) is 16.3. The molecule has 8 nitrogen and oxygen atoms in total. The number of methoxy groups -OCH3 is 1. The van der Waals surface area contributed by atoms with Crippen LogP contribution in [0, 0.1) is 13.8 Å². The second kappa shape index (κ2) is 10.4. The van der Waals surface area contributed by atoms with Gasteiger partial charge < -0.3 is 24.1 Å². The Hall–Kier alpha value is -3.55. The van der Waals surface area contributed by atoms with Gasteiger partial charge in [-0.25, -0.2) is 9.97 Å². The summed E-state index contributed by atoms with van der Waals surface area (Å²) >= 11 is 0. The van der Waals surface area contributed by atoms with Crippen molar-refractivity contribution in [2.75, 3.05) is 25.6 Å². The van der Waals surface area contributed by atoms with Gasteiger partial charge in [0, 0.05) is 23.5 Å². The van der Waals surface area contributed by atoms with Crippen LogP contribution in [0.4, 0.5) is 38.0 Å². The molecule has 2 aromatic heterocycles. The summed E-state index contributed by atoms with van der Waals surface area (Å²) < 4.78 is 91.9. The van der Waals surface area contributed by atoms with E-state index in [9.17, 15) is 26.3 Å². The molecule has 0 aliphatic heterocycles. The molecule has 0 amide bonds.